The van der Waals surface area contributed by atoms with E-state index in [0.29, 0.717) is 25.9 Å². The highest BCUT2D eigenvalue weighted by atomic mass is 16.6. The Morgan fingerprint density at radius 3 is 0.785 bits per heavy atom. The molecule has 2 atom stereocenters. The minimum absolute atomic E-state index is 0.0288. The molecule has 0 saturated heterocycles. The van der Waals surface area contributed by atoms with Gasteiger partial charge < -0.3 is 63.1 Å². The molecule has 0 aliphatic carbocycles. The van der Waals surface area contributed by atoms with Gasteiger partial charge in [0.05, 0.1) is 59.5 Å². The van der Waals surface area contributed by atoms with Crippen molar-refractivity contribution in [2.45, 2.75) is 348 Å². The van der Waals surface area contributed by atoms with Crippen LogP contribution in [-0.4, -0.2) is 161 Å². The van der Waals surface area contributed by atoms with Crippen LogP contribution in [0.2, 0.25) is 0 Å². The standard InChI is InChI=1S/C37H70O9.C31H60O5.C6H12O5/c1-3-5-7-9-11-13-15-17-19-21-23-25-35(39)44-31-34(32-45-37(41)33-43-30-29-42-28-27-38)46-36(40)26-24-22-20-18-16-14-12-10-8-6-4-2;1-3-5-7-9-11-13-15-17-19-21-23-25-30(33)35-28-29(27-32)36-31(34)26-24-22-20-18-16-14-12-10-8-6-4-2;7-1-2-10-3-4-11-5-6(8)9/h34,38H,3-33H2,1-2H3;29,32H,3-28H2,1-2H3;7H,1-5H2,(H,8,9). The van der Waals surface area contributed by atoms with E-state index in [4.69, 9.17) is 53.2 Å². The second-order valence-corrected chi connectivity index (χ2v) is 24.8. The van der Waals surface area contributed by atoms with E-state index in [-0.39, 0.29) is 116 Å². The van der Waals surface area contributed by atoms with Crippen molar-refractivity contribution < 1.29 is 91.8 Å². The first-order valence-corrected chi connectivity index (χ1v) is 37.6. The van der Waals surface area contributed by atoms with Crippen molar-refractivity contribution in [2.24, 2.45) is 0 Å². The number of hydrogen-bond acceptors (Lipinski definition) is 18. The van der Waals surface area contributed by atoms with Gasteiger partial charge in [-0.05, 0) is 25.7 Å². The monoisotopic (exact) mass is 1340 g/mol. The lowest BCUT2D eigenvalue weighted by atomic mass is 10.1. The molecule has 0 spiro atoms. The molecule has 0 aromatic rings. The van der Waals surface area contributed by atoms with E-state index < -0.39 is 24.1 Å². The maximum Gasteiger partial charge on any atom is 0.332 e. The van der Waals surface area contributed by atoms with Crippen molar-refractivity contribution >= 4 is 35.8 Å². The number of ether oxygens (including phenoxy) is 9. The van der Waals surface area contributed by atoms with Gasteiger partial charge in [0.1, 0.15) is 33.0 Å². The van der Waals surface area contributed by atoms with E-state index in [2.05, 4.69) is 32.4 Å². The van der Waals surface area contributed by atoms with Crippen molar-refractivity contribution in [1.82, 2.24) is 0 Å². The summed E-state index contributed by atoms with van der Waals surface area (Å²) in [4.78, 5) is 70.8. The van der Waals surface area contributed by atoms with Gasteiger partial charge in [-0.1, -0.05) is 285 Å². The summed E-state index contributed by atoms with van der Waals surface area (Å²) in [7, 11) is 0. The molecule has 0 aromatic heterocycles. The number of carbonyl (C=O) groups excluding carboxylic acids is 5. The Bertz CT molecular complexity index is 1590. The van der Waals surface area contributed by atoms with Crippen LogP contribution in [0.5, 0.6) is 0 Å². The molecule has 552 valence electrons. The van der Waals surface area contributed by atoms with Gasteiger partial charge in [-0.15, -0.1) is 0 Å². The molecule has 0 aromatic carbocycles. The first-order chi connectivity index (χ1) is 45.4. The van der Waals surface area contributed by atoms with Gasteiger partial charge in [0.15, 0.2) is 12.2 Å². The second kappa shape index (κ2) is 81.0. The largest absolute Gasteiger partial charge is 0.480 e. The summed E-state index contributed by atoms with van der Waals surface area (Å²) >= 11 is 0. The summed E-state index contributed by atoms with van der Waals surface area (Å²) in [5, 5.41) is 34.5. The predicted molar refractivity (Wildman–Crippen MR) is 369 cm³/mol. The van der Waals surface area contributed by atoms with E-state index in [1.54, 1.807) is 0 Å². The Kier molecular flexibility index (Phi) is 81.6. The van der Waals surface area contributed by atoms with Crippen LogP contribution in [0.4, 0.5) is 0 Å². The normalized spacial score (nSPS) is 11.6. The number of carboxylic acids is 1. The average Bonchev–Trinajstić information content (AvgIpc) is 3.66. The van der Waals surface area contributed by atoms with Crippen molar-refractivity contribution in [3.63, 3.8) is 0 Å². The van der Waals surface area contributed by atoms with Crippen LogP contribution in [0.3, 0.4) is 0 Å². The Labute approximate surface area is 566 Å². The molecule has 0 radical (unpaired) electrons. The zero-order valence-corrected chi connectivity index (χ0v) is 59.9. The lowest BCUT2D eigenvalue weighted by Gasteiger charge is -2.18. The zero-order valence-electron chi connectivity index (χ0n) is 59.9. The smallest absolute Gasteiger partial charge is 0.332 e. The predicted octanol–water partition coefficient (Wildman–Crippen LogP) is 16.3. The number of unbranched alkanes of at least 4 members (excludes halogenated alkanes) is 40. The molecule has 0 rings (SSSR count). The lowest BCUT2D eigenvalue weighted by Crippen LogP contribution is -2.31. The van der Waals surface area contributed by atoms with Crippen LogP contribution >= 0.6 is 0 Å². The number of aliphatic carboxylic acids is 1. The third-order valence-corrected chi connectivity index (χ3v) is 15.7. The van der Waals surface area contributed by atoms with Crippen molar-refractivity contribution in [1.29, 1.82) is 0 Å². The molecule has 19 nitrogen and oxygen atoms in total. The van der Waals surface area contributed by atoms with Crippen LogP contribution in [0.15, 0.2) is 0 Å². The highest BCUT2D eigenvalue weighted by Gasteiger charge is 2.20. The number of esters is 5. The Hall–Kier alpha value is -3.46. The van der Waals surface area contributed by atoms with Crippen LogP contribution in [0, 0.1) is 0 Å². The minimum atomic E-state index is -0.993. The van der Waals surface area contributed by atoms with Gasteiger partial charge in [-0.25, -0.2) is 9.59 Å². The van der Waals surface area contributed by atoms with Crippen molar-refractivity contribution in [2.75, 3.05) is 92.5 Å². The summed E-state index contributed by atoms with van der Waals surface area (Å²) in [6, 6.07) is 0. The van der Waals surface area contributed by atoms with Crippen LogP contribution in [-0.2, 0) is 71.4 Å². The molecule has 0 amide bonds. The van der Waals surface area contributed by atoms with Gasteiger partial charge in [-0.2, -0.15) is 0 Å². The van der Waals surface area contributed by atoms with Gasteiger partial charge in [0.2, 0.25) is 0 Å². The summed E-state index contributed by atoms with van der Waals surface area (Å²) in [5.74, 6) is -2.90. The van der Waals surface area contributed by atoms with Crippen molar-refractivity contribution in [3.8, 4) is 0 Å². The molecule has 0 aliphatic heterocycles. The first kappa shape index (κ1) is 93.7. The number of rotatable bonds is 71. The Morgan fingerprint density at radius 2 is 0.505 bits per heavy atom. The SMILES string of the molecule is CCCCCCCCCCCCCC(=O)OCC(CO)OC(=O)CCCCCCCCCCCCC.CCCCCCCCCCCCCC(=O)OCC(COC(=O)COCCOCCO)OC(=O)CCCCCCCCCCCCC.O=C(O)COCCOCCO. The lowest BCUT2D eigenvalue weighted by molar-refractivity contribution is -0.168. The summed E-state index contributed by atoms with van der Waals surface area (Å²) in [5.41, 5.74) is 0. The molecule has 2 unspecified atom stereocenters. The van der Waals surface area contributed by atoms with E-state index in [1.807, 2.05) is 0 Å². The third kappa shape index (κ3) is 82.7. The maximum absolute atomic E-state index is 12.5. The second-order valence-electron chi connectivity index (χ2n) is 24.8. The fourth-order valence-corrected chi connectivity index (χ4v) is 10.1. The number of carbonyl (C=O) groups is 6. The third-order valence-electron chi connectivity index (χ3n) is 15.7. The quantitative estimate of drug-likeness (QED) is 0.0250. The number of aliphatic hydroxyl groups excluding tert-OH is 3. The van der Waals surface area contributed by atoms with Gasteiger partial charge in [0, 0.05) is 25.7 Å². The average molecular weight is 1340 g/mol. The summed E-state index contributed by atoms with van der Waals surface area (Å²) < 4.78 is 46.4. The maximum atomic E-state index is 12.5. The van der Waals surface area contributed by atoms with Gasteiger partial charge >= 0.3 is 35.8 Å². The Morgan fingerprint density at radius 1 is 0.269 bits per heavy atom. The zero-order chi connectivity index (χ0) is 68.8. The number of aliphatic hydroxyl groups is 3. The fraction of sp³-hybridized carbons (Fsp3) is 0.919. The van der Waals surface area contributed by atoms with Crippen LogP contribution < -0.4 is 0 Å². The van der Waals surface area contributed by atoms with Crippen LogP contribution in [0.1, 0.15) is 336 Å². The molecule has 0 saturated carbocycles. The molecular weight excluding hydrogens is 1190 g/mol. The van der Waals surface area contributed by atoms with Gasteiger partial charge in [-0.3, -0.25) is 19.2 Å². The van der Waals surface area contributed by atoms with Crippen molar-refractivity contribution in [3.05, 3.63) is 0 Å². The molecular formula is C74H142O19. The minimum Gasteiger partial charge on any atom is -0.480 e. The first-order valence-electron chi connectivity index (χ1n) is 37.6. The number of carboxylic acid groups (broad SMARTS) is 1. The van der Waals surface area contributed by atoms with E-state index >= 15 is 0 Å². The summed E-state index contributed by atoms with van der Waals surface area (Å²) in [6.07, 6.45) is 53.3. The molecule has 0 fully saturated rings. The van der Waals surface area contributed by atoms with Gasteiger partial charge in [0.25, 0.3) is 0 Å². The molecule has 4 N–H and O–H groups in total. The molecule has 0 bridgehead atoms. The molecule has 19 heteroatoms. The molecule has 0 aliphatic rings. The highest BCUT2D eigenvalue weighted by Crippen LogP contribution is 2.17. The molecule has 0 heterocycles. The van der Waals surface area contributed by atoms with E-state index in [0.717, 1.165) is 77.0 Å². The highest BCUT2D eigenvalue weighted by molar-refractivity contribution is 5.72. The Balaban J connectivity index is -0.00000152. The summed E-state index contributed by atoms with van der Waals surface area (Å²) in [6.45, 7) is 8.99. The van der Waals surface area contributed by atoms with E-state index in [1.165, 1.54) is 205 Å². The topological polar surface area (TPSA) is 266 Å². The fourth-order valence-electron chi connectivity index (χ4n) is 10.1. The van der Waals surface area contributed by atoms with Crippen LogP contribution in [0.25, 0.3) is 0 Å². The van der Waals surface area contributed by atoms with E-state index in [9.17, 15) is 33.9 Å². The molecule has 93 heavy (non-hydrogen) atoms. The number of hydrogen-bond donors (Lipinski definition) is 4.